The first-order valence-corrected chi connectivity index (χ1v) is 8.42. The third kappa shape index (κ3) is 3.60. The van der Waals surface area contributed by atoms with Gasteiger partial charge in [0, 0.05) is 11.1 Å². The quantitative estimate of drug-likeness (QED) is 0.552. The third-order valence-electron chi connectivity index (χ3n) is 4.20. The fraction of sp³-hybridized carbons (Fsp3) is 0.211. The summed E-state index contributed by atoms with van der Waals surface area (Å²) in [5.41, 5.74) is 0.723. The van der Waals surface area contributed by atoms with Crippen LogP contribution >= 0.6 is 0 Å². The highest BCUT2D eigenvalue weighted by Gasteiger charge is 2.21. The van der Waals surface area contributed by atoms with Crippen LogP contribution in [0.4, 0.5) is 0 Å². The Labute approximate surface area is 158 Å². The molecule has 0 atom stereocenters. The number of aromatic nitrogens is 4. The van der Waals surface area contributed by atoms with Crippen LogP contribution in [-0.2, 0) is 5.41 Å². The Morgan fingerprint density at radius 3 is 2.04 bits per heavy atom. The van der Waals surface area contributed by atoms with Crippen molar-refractivity contribution < 1.29 is 0 Å². The van der Waals surface area contributed by atoms with Gasteiger partial charge >= 0.3 is 0 Å². The second-order valence-electron chi connectivity index (χ2n) is 7.23. The van der Waals surface area contributed by atoms with Gasteiger partial charge in [-0.2, -0.15) is 0 Å². The van der Waals surface area contributed by atoms with Crippen molar-refractivity contribution in [3.8, 4) is 0 Å². The summed E-state index contributed by atoms with van der Waals surface area (Å²) in [5, 5.41) is -0.0666. The molecule has 8 heteroatoms. The minimum Gasteiger partial charge on any atom is -0.348 e. The molecule has 4 radical (unpaired) electrons. The first-order valence-electron chi connectivity index (χ1n) is 8.42. The number of imidazole rings is 1. The van der Waals surface area contributed by atoms with Crippen LogP contribution in [0.5, 0.6) is 0 Å². The average molecular weight is 356 g/mol. The number of benzene rings is 1. The van der Waals surface area contributed by atoms with Gasteiger partial charge in [0.05, 0.1) is 12.0 Å². The summed E-state index contributed by atoms with van der Waals surface area (Å²) in [6, 6.07) is 8.92. The molecule has 0 bridgehead atoms. The smallest absolute Gasteiger partial charge is 0.271 e. The van der Waals surface area contributed by atoms with Gasteiger partial charge in [-0.15, -0.1) is 0 Å². The molecule has 6 nitrogen and oxygen atoms in total. The second-order valence-corrected chi connectivity index (χ2v) is 7.23. The summed E-state index contributed by atoms with van der Waals surface area (Å²) >= 11 is 0. The van der Waals surface area contributed by atoms with Crippen molar-refractivity contribution in [2.75, 3.05) is 0 Å². The molecule has 0 fully saturated rings. The van der Waals surface area contributed by atoms with E-state index in [2.05, 4.69) is 19.9 Å². The van der Waals surface area contributed by atoms with Crippen LogP contribution in [-0.4, -0.2) is 35.6 Å². The van der Waals surface area contributed by atoms with Crippen molar-refractivity contribution in [2.24, 2.45) is 0 Å². The number of hydrogen-bond acceptors (Lipinski definition) is 3. The SMILES string of the molecule is [B]/C(c1ccccc1)=c1/[nH]c(=O)/c(=C(\[B])c2nc[nH]c2C(C)(C)C)[nH]c1=O. The van der Waals surface area contributed by atoms with Crippen molar-refractivity contribution >= 4 is 26.6 Å². The molecule has 0 saturated heterocycles. The Morgan fingerprint density at radius 1 is 0.926 bits per heavy atom. The summed E-state index contributed by atoms with van der Waals surface area (Å²) < 4.78 is 0. The number of nitrogens with one attached hydrogen (secondary N) is 3. The van der Waals surface area contributed by atoms with Crippen LogP contribution in [0.3, 0.4) is 0 Å². The molecule has 0 spiro atoms. The van der Waals surface area contributed by atoms with E-state index in [1.807, 2.05) is 26.8 Å². The Kier molecular flexibility index (Phi) is 4.83. The van der Waals surface area contributed by atoms with Crippen LogP contribution < -0.4 is 21.8 Å². The van der Waals surface area contributed by atoms with E-state index in [0.29, 0.717) is 11.3 Å². The highest BCUT2D eigenvalue weighted by atomic mass is 16.1. The molecule has 0 aliphatic rings. The Hall–Kier alpha value is -3.02. The van der Waals surface area contributed by atoms with E-state index in [-0.39, 0.29) is 27.1 Å². The van der Waals surface area contributed by atoms with E-state index < -0.39 is 11.1 Å². The summed E-state index contributed by atoms with van der Waals surface area (Å²) in [5.74, 6) is 0. The number of nitrogens with zero attached hydrogens (tertiary/aromatic N) is 1. The maximum absolute atomic E-state index is 12.6. The van der Waals surface area contributed by atoms with Crippen LogP contribution in [0.1, 0.15) is 37.7 Å². The van der Waals surface area contributed by atoms with Crippen LogP contribution in [0.2, 0.25) is 0 Å². The van der Waals surface area contributed by atoms with Crippen LogP contribution in [0.25, 0.3) is 10.9 Å². The zero-order valence-corrected chi connectivity index (χ0v) is 15.4. The fourth-order valence-corrected chi connectivity index (χ4v) is 2.80. The lowest BCUT2D eigenvalue weighted by Gasteiger charge is -2.18. The summed E-state index contributed by atoms with van der Waals surface area (Å²) in [7, 11) is 12.2. The normalized spacial score (nSPS) is 14.0. The van der Waals surface area contributed by atoms with E-state index in [1.54, 1.807) is 24.3 Å². The van der Waals surface area contributed by atoms with Crippen molar-refractivity contribution in [3.05, 3.63) is 85.0 Å². The predicted octanol–water partition coefficient (Wildman–Crippen LogP) is -0.266. The second kappa shape index (κ2) is 6.95. The van der Waals surface area contributed by atoms with Gasteiger partial charge in [0.2, 0.25) is 0 Å². The van der Waals surface area contributed by atoms with Crippen molar-refractivity contribution in [1.29, 1.82) is 0 Å². The largest absolute Gasteiger partial charge is 0.348 e. The predicted molar refractivity (Wildman–Crippen MR) is 107 cm³/mol. The Bertz CT molecular complexity index is 1220. The van der Waals surface area contributed by atoms with Gasteiger partial charge in [-0.3, -0.25) is 9.59 Å². The zero-order valence-electron chi connectivity index (χ0n) is 15.4. The molecule has 1 aromatic carbocycles. The van der Waals surface area contributed by atoms with E-state index >= 15 is 0 Å². The molecule has 3 rings (SSSR count). The first-order chi connectivity index (χ1) is 12.7. The van der Waals surface area contributed by atoms with E-state index in [0.717, 1.165) is 5.69 Å². The van der Waals surface area contributed by atoms with Crippen LogP contribution in [0, 0.1) is 0 Å². The summed E-state index contributed by atoms with van der Waals surface area (Å²) in [4.78, 5) is 37.5. The van der Waals surface area contributed by atoms with Gasteiger partial charge in [-0.05, 0) is 11.0 Å². The van der Waals surface area contributed by atoms with E-state index in [9.17, 15) is 9.59 Å². The van der Waals surface area contributed by atoms with Gasteiger partial charge in [0.1, 0.15) is 26.4 Å². The minimum atomic E-state index is -0.552. The summed E-state index contributed by atoms with van der Waals surface area (Å²) in [6.07, 6.45) is 1.50. The van der Waals surface area contributed by atoms with Gasteiger partial charge < -0.3 is 15.0 Å². The Morgan fingerprint density at radius 2 is 1.48 bits per heavy atom. The number of aromatic amines is 3. The number of hydrogen-bond donors (Lipinski definition) is 3. The highest BCUT2D eigenvalue weighted by molar-refractivity contribution is 6.42. The van der Waals surface area contributed by atoms with Crippen molar-refractivity contribution in [1.82, 2.24) is 19.9 Å². The molecule has 27 heavy (non-hydrogen) atoms. The van der Waals surface area contributed by atoms with E-state index in [4.69, 9.17) is 15.7 Å². The molecule has 0 saturated carbocycles. The lowest BCUT2D eigenvalue weighted by atomic mass is 9.83. The lowest BCUT2D eigenvalue weighted by Crippen LogP contribution is -2.49. The molecule has 3 aromatic rings. The molecule has 0 aliphatic carbocycles. The standard InChI is InChI=1S/C19H18B2N4O2/c1-19(2,3)16-13(22-9-23-16)12(21)15-18(27)24-14(17(26)25-15)11(20)10-7-5-4-6-8-10/h4-9H,1-3H3,(H,22,23)(H,24,27)(H,25,26)/b14-11+,15-12+. The van der Waals surface area contributed by atoms with Crippen LogP contribution in [0.15, 0.2) is 46.2 Å². The van der Waals surface area contributed by atoms with Crippen molar-refractivity contribution in [2.45, 2.75) is 26.2 Å². The lowest BCUT2D eigenvalue weighted by molar-refractivity contribution is 0.571. The first kappa shape index (κ1) is 18.8. The molecule has 132 valence electrons. The fourth-order valence-electron chi connectivity index (χ4n) is 2.80. The molecular weight excluding hydrogens is 338 g/mol. The molecule has 0 aliphatic heterocycles. The molecule has 2 heterocycles. The van der Waals surface area contributed by atoms with Gasteiger partial charge in [-0.25, -0.2) is 4.98 Å². The summed E-state index contributed by atoms with van der Waals surface area (Å²) in [6.45, 7) is 5.97. The Balaban J connectivity index is 2.29. The van der Waals surface area contributed by atoms with Crippen molar-refractivity contribution in [3.63, 3.8) is 0 Å². The molecule has 2 aromatic heterocycles. The van der Waals surface area contributed by atoms with E-state index in [1.165, 1.54) is 6.33 Å². The maximum atomic E-state index is 12.6. The molecular formula is C19H18B2N4O2. The van der Waals surface area contributed by atoms with Gasteiger partial charge in [0.25, 0.3) is 11.1 Å². The minimum absolute atomic E-state index is 0.0131. The van der Waals surface area contributed by atoms with Gasteiger partial charge in [-0.1, -0.05) is 56.6 Å². The van der Waals surface area contributed by atoms with Gasteiger partial charge in [0.15, 0.2) is 0 Å². The molecule has 3 N–H and O–H groups in total. The monoisotopic (exact) mass is 356 g/mol. The highest BCUT2D eigenvalue weighted by Crippen LogP contribution is 2.24. The molecule has 0 unspecified atom stereocenters. The number of rotatable bonds is 2. The molecule has 0 amide bonds. The number of H-pyrrole nitrogens is 3. The zero-order chi connectivity index (χ0) is 19.8. The topological polar surface area (TPSA) is 94.4 Å². The third-order valence-corrected chi connectivity index (χ3v) is 4.20. The average Bonchev–Trinajstić information content (AvgIpc) is 3.13. The maximum Gasteiger partial charge on any atom is 0.271 e.